The lowest BCUT2D eigenvalue weighted by molar-refractivity contribution is -0.116. The van der Waals surface area contributed by atoms with Crippen molar-refractivity contribution in [2.45, 2.75) is 12.8 Å². The summed E-state index contributed by atoms with van der Waals surface area (Å²) in [7, 11) is 1.40. The summed E-state index contributed by atoms with van der Waals surface area (Å²) in [5, 5.41) is 4.93. The third-order valence-electron chi connectivity index (χ3n) is 3.85. The van der Waals surface area contributed by atoms with Crippen LogP contribution >= 0.6 is 11.3 Å². The highest BCUT2D eigenvalue weighted by Gasteiger charge is 2.12. The quantitative estimate of drug-likeness (QED) is 0.578. The molecular formula is C18H17FN4O3S. The van der Waals surface area contributed by atoms with Crippen LogP contribution in [0.3, 0.4) is 0 Å². The van der Waals surface area contributed by atoms with Gasteiger partial charge >= 0.3 is 0 Å². The van der Waals surface area contributed by atoms with E-state index in [4.69, 9.17) is 10.5 Å². The van der Waals surface area contributed by atoms with Crippen LogP contribution in [-0.2, 0) is 11.2 Å². The molecule has 0 atom stereocenters. The van der Waals surface area contributed by atoms with Gasteiger partial charge in [-0.2, -0.15) is 0 Å². The molecule has 4 N–H and O–H groups in total. The number of carbonyl (C=O) groups excluding carboxylic acids is 2. The highest BCUT2D eigenvalue weighted by Crippen LogP contribution is 2.25. The molecule has 27 heavy (non-hydrogen) atoms. The van der Waals surface area contributed by atoms with Crippen molar-refractivity contribution in [2.75, 3.05) is 12.4 Å². The number of nitrogens with zero attached hydrogens (tertiary/aromatic N) is 1. The van der Waals surface area contributed by atoms with Gasteiger partial charge in [-0.1, -0.05) is 6.07 Å². The molecule has 2 amide bonds. The highest BCUT2D eigenvalue weighted by atomic mass is 32.1. The number of aryl methyl sites for hydroxylation is 1. The molecule has 1 aromatic carbocycles. The number of aromatic nitrogens is 2. The van der Waals surface area contributed by atoms with E-state index in [-0.39, 0.29) is 23.8 Å². The van der Waals surface area contributed by atoms with Crippen LogP contribution in [0.5, 0.6) is 5.75 Å². The molecule has 3 aromatic rings. The number of methoxy groups -OCH3 is 1. The van der Waals surface area contributed by atoms with E-state index in [1.807, 2.05) is 0 Å². The number of primary amides is 1. The molecule has 3 rings (SSSR count). The number of H-pyrrole nitrogens is 1. The maximum absolute atomic E-state index is 13.7. The van der Waals surface area contributed by atoms with E-state index >= 15 is 0 Å². The molecule has 0 bridgehead atoms. The molecule has 2 heterocycles. The van der Waals surface area contributed by atoms with Crippen molar-refractivity contribution >= 4 is 28.3 Å². The SMILES string of the molecule is COc1ccc(CCC(=O)Nc2nc(-c3c[nH]c(C(N)=O)c3)cs2)cc1F. The van der Waals surface area contributed by atoms with Gasteiger partial charge in [0.05, 0.1) is 12.8 Å². The molecular weight excluding hydrogens is 371 g/mol. The number of benzene rings is 1. The first-order valence-corrected chi connectivity index (χ1v) is 8.90. The Hall–Kier alpha value is -3.20. The van der Waals surface area contributed by atoms with E-state index in [0.717, 1.165) is 0 Å². The molecule has 0 radical (unpaired) electrons. The average Bonchev–Trinajstić information content (AvgIpc) is 3.29. The van der Waals surface area contributed by atoms with Gasteiger partial charge in [-0.05, 0) is 30.2 Å². The molecule has 0 fully saturated rings. The van der Waals surface area contributed by atoms with Gasteiger partial charge in [0.15, 0.2) is 16.7 Å². The van der Waals surface area contributed by atoms with E-state index in [2.05, 4.69) is 15.3 Å². The fourth-order valence-electron chi connectivity index (χ4n) is 2.45. The van der Waals surface area contributed by atoms with E-state index < -0.39 is 11.7 Å². The maximum Gasteiger partial charge on any atom is 0.265 e. The molecule has 140 valence electrons. The zero-order valence-corrected chi connectivity index (χ0v) is 15.2. The Morgan fingerprint density at radius 1 is 1.37 bits per heavy atom. The fraction of sp³-hybridized carbons (Fsp3) is 0.167. The van der Waals surface area contributed by atoms with Gasteiger partial charge in [-0.3, -0.25) is 9.59 Å². The van der Waals surface area contributed by atoms with Crippen LogP contribution in [0.1, 0.15) is 22.5 Å². The lowest BCUT2D eigenvalue weighted by Crippen LogP contribution is -2.12. The topological polar surface area (TPSA) is 110 Å². The number of halogens is 1. The van der Waals surface area contributed by atoms with Gasteiger partial charge in [-0.15, -0.1) is 11.3 Å². The summed E-state index contributed by atoms with van der Waals surface area (Å²) in [5.74, 6) is -1.07. The molecule has 7 nitrogen and oxygen atoms in total. The molecule has 0 aliphatic rings. The number of hydrogen-bond acceptors (Lipinski definition) is 5. The number of amides is 2. The van der Waals surface area contributed by atoms with Crippen molar-refractivity contribution < 1.29 is 18.7 Å². The third kappa shape index (κ3) is 4.50. The summed E-state index contributed by atoms with van der Waals surface area (Å²) < 4.78 is 18.5. The van der Waals surface area contributed by atoms with Gasteiger partial charge in [0.1, 0.15) is 5.69 Å². The minimum Gasteiger partial charge on any atom is -0.494 e. The second kappa shape index (κ2) is 8.00. The minimum absolute atomic E-state index is 0.169. The van der Waals surface area contributed by atoms with Crippen LogP contribution in [0, 0.1) is 5.82 Å². The second-order valence-electron chi connectivity index (χ2n) is 5.72. The van der Waals surface area contributed by atoms with Crippen molar-refractivity contribution in [2.24, 2.45) is 5.73 Å². The van der Waals surface area contributed by atoms with Gasteiger partial charge in [0, 0.05) is 23.6 Å². The zero-order valence-electron chi connectivity index (χ0n) is 14.4. The molecule has 0 aliphatic heterocycles. The molecule has 0 aliphatic carbocycles. The fourth-order valence-corrected chi connectivity index (χ4v) is 3.19. The van der Waals surface area contributed by atoms with E-state index in [9.17, 15) is 14.0 Å². The predicted molar refractivity (Wildman–Crippen MR) is 100 cm³/mol. The summed E-state index contributed by atoms with van der Waals surface area (Å²) in [6, 6.07) is 6.21. The number of nitrogens with one attached hydrogen (secondary N) is 2. The van der Waals surface area contributed by atoms with Crippen molar-refractivity contribution in [1.82, 2.24) is 9.97 Å². The number of rotatable bonds is 7. The number of carbonyl (C=O) groups is 2. The van der Waals surface area contributed by atoms with Crippen molar-refractivity contribution in [3.8, 4) is 17.0 Å². The summed E-state index contributed by atoms with van der Waals surface area (Å²) in [6.45, 7) is 0. The Bertz CT molecular complexity index is 983. The van der Waals surface area contributed by atoms with Gasteiger partial charge in [0.2, 0.25) is 5.91 Å². The molecule has 0 saturated heterocycles. The zero-order chi connectivity index (χ0) is 19.4. The Morgan fingerprint density at radius 3 is 2.85 bits per heavy atom. The van der Waals surface area contributed by atoms with Crippen LogP contribution in [0.2, 0.25) is 0 Å². The van der Waals surface area contributed by atoms with Gasteiger partial charge in [0.25, 0.3) is 5.91 Å². The summed E-state index contributed by atoms with van der Waals surface area (Å²) in [4.78, 5) is 30.3. The Morgan fingerprint density at radius 2 is 2.19 bits per heavy atom. The van der Waals surface area contributed by atoms with E-state index in [1.165, 1.54) is 30.6 Å². The van der Waals surface area contributed by atoms with E-state index in [0.29, 0.717) is 28.4 Å². The summed E-state index contributed by atoms with van der Waals surface area (Å²) >= 11 is 1.27. The van der Waals surface area contributed by atoms with E-state index in [1.54, 1.807) is 23.7 Å². The first kappa shape index (κ1) is 18.6. The Labute approximate surface area is 158 Å². The highest BCUT2D eigenvalue weighted by molar-refractivity contribution is 7.14. The van der Waals surface area contributed by atoms with Gasteiger partial charge < -0.3 is 20.8 Å². The largest absolute Gasteiger partial charge is 0.494 e. The number of ether oxygens (including phenoxy) is 1. The number of aromatic amines is 1. The predicted octanol–water partition coefficient (Wildman–Crippen LogP) is 2.96. The number of anilines is 1. The molecule has 9 heteroatoms. The maximum atomic E-state index is 13.7. The molecule has 0 spiro atoms. The van der Waals surface area contributed by atoms with Crippen LogP contribution in [0.25, 0.3) is 11.3 Å². The van der Waals surface area contributed by atoms with Crippen molar-refractivity contribution in [3.05, 3.63) is 52.9 Å². The Balaban J connectivity index is 1.57. The smallest absolute Gasteiger partial charge is 0.265 e. The van der Waals surface area contributed by atoms with Crippen molar-refractivity contribution in [1.29, 1.82) is 0 Å². The monoisotopic (exact) mass is 388 g/mol. The number of thiazole rings is 1. The van der Waals surface area contributed by atoms with Crippen LogP contribution in [-0.4, -0.2) is 28.9 Å². The average molecular weight is 388 g/mol. The Kier molecular flexibility index (Phi) is 5.51. The molecule has 0 saturated carbocycles. The third-order valence-corrected chi connectivity index (χ3v) is 4.61. The summed E-state index contributed by atoms with van der Waals surface area (Å²) in [6.07, 6.45) is 2.21. The van der Waals surface area contributed by atoms with Crippen LogP contribution < -0.4 is 15.8 Å². The standard InChI is InChI=1S/C18H17FN4O3S/c1-26-15-4-2-10(6-12(15)19)3-5-16(24)23-18-22-14(9-27-18)11-7-13(17(20)25)21-8-11/h2,4,6-9,21H,3,5H2,1H3,(H2,20,25)(H,22,23,24). The van der Waals surface area contributed by atoms with Crippen LogP contribution in [0.4, 0.5) is 9.52 Å². The first-order valence-electron chi connectivity index (χ1n) is 8.02. The number of nitrogens with two attached hydrogens (primary N) is 1. The lowest BCUT2D eigenvalue weighted by Gasteiger charge is -2.05. The second-order valence-corrected chi connectivity index (χ2v) is 6.58. The molecule has 0 unspecified atom stereocenters. The normalized spacial score (nSPS) is 10.6. The minimum atomic E-state index is -0.556. The summed E-state index contributed by atoms with van der Waals surface area (Å²) in [5.41, 5.74) is 7.52. The first-order chi connectivity index (χ1) is 13.0. The molecule has 2 aromatic heterocycles. The van der Waals surface area contributed by atoms with Crippen molar-refractivity contribution in [3.63, 3.8) is 0 Å². The lowest BCUT2D eigenvalue weighted by atomic mass is 10.1. The van der Waals surface area contributed by atoms with Gasteiger partial charge in [-0.25, -0.2) is 9.37 Å². The van der Waals surface area contributed by atoms with Crippen LogP contribution in [0.15, 0.2) is 35.8 Å². The number of hydrogen-bond donors (Lipinski definition) is 3.